The molecule has 0 bridgehead atoms. The van der Waals surface area contributed by atoms with Crippen LogP contribution < -0.4 is 14.8 Å². The molecule has 0 saturated carbocycles. The molecule has 3 rings (SSSR count). The van der Waals surface area contributed by atoms with Crippen molar-refractivity contribution in [1.82, 2.24) is 0 Å². The van der Waals surface area contributed by atoms with Crippen LogP contribution in [0.5, 0.6) is 11.5 Å². The van der Waals surface area contributed by atoms with Gasteiger partial charge in [0.05, 0.1) is 11.5 Å². The number of carbonyl (C=O) groups excluding carboxylic acids is 2. The van der Waals surface area contributed by atoms with Gasteiger partial charge >= 0.3 is 5.97 Å². The molecule has 6 nitrogen and oxygen atoms in total. The van der Waals surface area contributed by atoms with E-state index in [1.54, 1.807) is 30.3 Å². The molecular formula is C19H18ClNO5S. The minimum absolute atomic E-state index is 0.0815. The molecule has 142 valence electrons. The Hall–Kier alpha value is -2.38. The molecule has 0 aromatic heterocycles. The second-order valence-electron chi connectivity index (χ2n) is 5.73. The smallest absolute Gasteiger partial charge is 0.316 e. The summed E-state index contributed by atoms with van der Waals surface area (Å²) in [5.41, 5.74) is 0.655. The van der Waals surface area contributed by atoms with Crippen LogP contribution in [0.15, 0.2) is 48.5 Å². The number of halogens is 1. The Kier molecular flexibility index (Phi) is 6.84. The minimum Gasteiger partial charge on any atom is -0.486 e. The zero-order valence-corrected chi connectivity index (χ0v) is 15.9. The third kappa shape index (κ3) is 6.08. The molecule has 1 aliphatic heterocycles. The summed E-state index contributed by atoms with van der Waals surface area (Å²) in [5.74, 6) is 0.949. The first-order valence-corrected chi connectivity index (χ1v) is 9.80. The molecule has 0 unspecified atom stereocenters. The second-order valence-corrected chi connectivity index (χ2v) is 7.15. The maximum absolute atomic E-state index is 11.8. The zero-order valence-electron chi connectivity index (χ0n) is 14.4. The van der Waals surface area contributed by atoms with E-state index in [9.17, 15) is 9.59 Å². The molecule has 8 heteroatoms. The molecule has 2 aromatic rings. The number of anilines is 1. The number of rotatable bonds is 7. The van der Waals surface area contributed by atoms with Crippen molar-refractivity contribution in [3.63, 3.8) is 0 Å². The van der Waals surface area contributed by atoms with Crippen LogP contribution in [0.4, 0.5) is 5.69 Å². The SMILES string of the molecule is O=C(CSCC(=O)OC[C@H]1COc2ccccc2O1)Nc1ccc(Cl)cc1. The Balaban J connectivity index is 1.32. The topological polar surface area (TPSA) is 73.9 Å². The van der Waals surface area contributed by atoms with Gasteiger partial charge in [0.25, 0.3) is 0 Å². The Morgan fingerprint density at radius 1 is 1.11 bits per heavy atom. The lowest BCUT2D eigenvalue weighted by molar-refractivity contribution is -0.143. The van der Waals surface area contributed by atoms with Crippen LogP contribution in [0.1, 0.15) is 0 Å². The molecular weight excluding hydrogens is 390 g/mol. The fraction of sp³-hybridized carbons (Fsp3) is 0.263. The van der Waals surface area contributed by atoms with Crippen LogP contribution in [0, 0.1) is 0 Å². The number of amides is 1. The molecule has 27 heavy (non-hydrogen) atoms. The van der Waals surface area contributed by atoms with Crippen molar-refractivity contribution in [3.8, 4) is 11.5 Å². The van der Waals surface area contributed by atoms with Crippen molar-refractivity contribution in [1.29, 1.82) is 0 Å². The first kappa shape index (κ1) is 19.4. The first-order valence-electron chi connectivity index (χ1n) is 8.27. The highest BCUT2D eigenvalue weighted by molar-refractivity contribution is 8.00. The normalized spacial score (nSPS) is 15.1. The number of nitrogens with one attached hydrogen (secondary N) is 1. The van der Waals surface area contributed by atoms with Gasteiger partial charge in [-0.3, -0.25) is 9.59 Å². The third-order valence-corrected chi connectivity index (χ3v) is 4.74. The van der Waals surface area contributed by atoms with Crippen molar-refractivity contribution < 1.29 is 23.8 Å². The molecule has 0 saturated heterocycles. The van der Waals surface area contributed by atoms with Gasteiger partial charge in [0.2, 0.25) is 5.91 Å². The first-order chi connectivity index (χ1) is 13.1. The number of hydrogen-bond acceptors (Lipinski definition) is 6. The molecule has 2 aromatic carbocycles. The molecule has 1 atom stereocenters. The average Bonchev–Trinajstić information content (AvgIpc) is 2.68. The van der Waals surface area contributed by atoms with E-state index in [-0.39, 0.29) is 30.1 Å². The van der Waals surface area contributed by atoms with Crippen molar-refractivity contribution in [2.24, 2.45) is 0 Å². The van der Waals surface area contributed by atoms with Gasteiger partial charge in [0, 0.05) is 10.7 Å². The van der Waals surface area contributed by atoms with Crippen LogP contribution in [-0.2, 0) is 14.3 Å². The fourth-order valence-corrected chi connectivity index (χ4v) is 3.07. The fourth-order valence-electron chi connectivity index (χ4n) is 2.33. The monoisotopic (exact) mass is 407 g/mol. The average molecular weight is 408 g/mol. The molecule has 1 amide bonds. The third-order valence-electron chi connectivity index (χ3n) is 3.58. The van der Waals surface area contributed by atoms with Crippen LogP contribution in [0.25, 0.3) is 0 Å². The van der Waals surface area contributed by atoms with Crippen molar-refractivity contribution in [3.05, 3.63) is 53.6 Å². The summed E-state index contributed by atoms with van der Waals surface area (Å²) in [7, 11) is 0. The Bertz CT molecular complexity index is 799. The van der Waals surface area contributed by atoms with Crippen LogP contribution in [0.3, 0.4) is 0 Å². The Labute approximate surface area is 166 Å². The largest absolute Gasteiger partial charge is 0.486 e. The van der Waals surface area contributed by atoms with Gasteiger partial charge in [-0.2, -0.15) is 0 Å². The molecule has 1 heterocycles. The quantitative estimate of drug-likeness (QED) is 0.709. The number of carbonyl (C=O) groups is 2. The number of benzene rings is 2. The summed E-state index contributed by atoms with van der Waals surface area (Å²) in [4.78, 5) is 23.7. The van der Waals surface area contributed by atoms with E-state index >= 15 is 0 Å². The van der Waals surface area contributed by atoms with E-state index < -0.39 is 5.97 Å². The highest BCUT2D eigenvalue weighted by atomic mass is 35.5. The van der Waals surface area contributed by atoms with Crippen molar-refractivity contribution >= 4 is 40.9 Å². The number of esters is 1. The number of fused-ring (bicyclic) bond motifs is 1. The van der Waals surface area contributed by atoms with Gasteiger partial charge in [-0.15, -0.1) is 11.8 Å². The van der Waals surface area contributed by atoms with Crippen LogP contribution in [-0.4, -0.2) is 42.7 Å². The lowest BCUT2D eigenvalue weighted by Crippen LogP contribution is -2.34. The van der Waals surface area contributed by atoms with Gasteiger partial charge < -0.3 is 19.5 Å². The predicted octanol–water partition coefficient (Wildman–Crippen LogP) is 3.39. The molecule has 1 N–H and O–H groups in total. The van der Waals surface area contributed by atoms with E-state index in [0.29, 0.717) is 28.8 Å². The summed E-state index contributed by atoms with van der Waals surface area (Å²) in [6, 6.07) is 14.1. The molecule has 0 aliphatic carbocycles. The van der Waals surface area contributed by atoms with E-state index in [1.165, 1.54) is 11.8 Å². The van der Waals surface area contributed by atoms with Gasteiger partial charge in [-0.1, -0.05) is 23.7 Å². The molecule has 0 spiro atoms. The standard InChI is InChI=1S/C19H18ClNO5S/c20-13-5-7-14(8-6-13)21-18(22)11-27-12-19(23)25-10-15-9-24-16-3-1-2-4-17(16)26-15/h1-8,15H,9-12H2,(H,21,22)/t15-/m1/s1. The highest BCUT2D eigenvalue weighted by Gasteiger charge is 2.22. The maximum Gasteiger partial charge on any atom is 0.316 e. The molecule has 1 aliphatic rings. The predicted molar refractivity (Wildman–Crippen MR) is 105 cm³/mol. The molecule has 0 fully saturated rings. The lowest BCUT2D eigenvalue weighted by atomic mass is 10.3. The lowest BCUT2D eigenvalue weighted by Gasteiger charge is -2.25. The Morgan fingerprint density at radius 3 is 2.63 bits per heavy atom. The van der Waals surface area contributed by atoms with E-state index in [2.05, 4.69) is 5.32 Å². The van der Waals surface area contributed by atoms with E-state index in [1.807, 2.05) is 18.2 Å². The number of ether oxygens (including phenoxy) is 3. The van der Waals surface area contributed by atoms with Gasteiger partial charge in [-0.05, 0) is 36.4 Å². The maximum atomic E-state index is 11.8. The van der Waals surface area contributed by atoms with Gasteiger partial charge in [0.1, 0.15) is 13.2 Å². The number of thioether (sulfide) groups is 1. The number of para-hydroxylation sites is 2. The van der Waals surface area contributed by atoms with E-state index in [0.717, 1.165) is 0 Å². The highest BCUT2D eigenvalue weighted by Crippen LogP contribution is 2.30. The molecule has 0 radical (unpaired) electrons. The van der Waals surface area contributed by atoms with Crippen LogP contribution >= 0.6 is 23.4 Å². The van der Waals surface area contributed by atoms with E-state index in [4.69, 9.17) is 25.8 Å². The second kappa shape index (κ2) is 9.53. The van der Waals surface area contributed by atoms with Gasteiger partial charge in [0.15, 0.2) is 17.6 Å². The van der Waals surface area contributed by atoms with Crippen LogP contribution in [0.2, 0.25) is 5.02 Å². The zero-order chi connectivity index (χ0) is 19.1. The van der Waals surface area contributed by atoms with Crippen molar-refractivity contribution in [2.45, 2.75) is 6.10 Å². The number of hydrogen-bond donors (Lipinski definition) is 1. The summed E-state index contributed by atoms with van der Waals surface area (Å²) < 4.78 is 16.5. The van der Waals surface area contributed by atoms with Crippen molar-refractivity contribution in [2.75, 3.05) is 30.0 Å². The Morgan fingerprint density at radius 2 is 1.85 bits per heavy atom. The van der Waals surface area contributed by atoms with Gasteiger partial charge in [-0.25, -0.2) is 0 Å². The summed E-state index contributed by atoms with van der Waals surface area (Å²) in [6.07, 6.45) is -0.345. The summed E-state index contributed by atoms with van der Waals surface area (Å²) in [6.45, 7) is 0.422. The summed E-state index contributed by atoms with van der Waals surface area (Å²) in [5, 5.41) is 3.33. The minimum atomic E-state index is -0.401. The summed E-state index contributed by atoms with van der Waals surface area (Å²) >= 11 is 6.97.